The summed E-state index contributed by atoms with van der Waals surface area (Å²) in [5.41, 5.74) is 0. The number of rotatable bonds is 1. The third-order valence-electron chi connectivity index (χ3n) is 1.42. The van der Waals surface area contributed by atoms with Crippen molar-refractivity contribution in [2.45, 2.75) is 25.8 Å². The van der Waals surface area contributed by atoms with Crippen molar-refractivity contribution in [2.24, 2.45) is 0 Å². The van der Waals surface area contributed by atoms with E-state index in [0.29, 0.717) is 6.04 Å². The minimum Gasteiger partial charge on any atom is -0.353 e. The fourth-order valence-electron chi connectivity index (χ4n) is 1.02. The van der Waals surface area contributed by atoms with Crippen LogP contribution >= 0.6 is 0 Å². The van der Waals surface area contributed by atoms with E-state index in [9.17, 15) is 4.79 Å². The molecule has 2 heteroatoms. The molecule has 1 rings (SSSR count). The van der Waals surface area contributed by atoms with Crippen LogP contribution in [0.2, 0.25) is 0 Å². The summed E-state index contributed by atoms with van der Waals surface area (Å²) in [6.07, 6.45) is 6.19. The summed E-state index contributed by atoms with van der Waals surface area (Å²) >= 11 is 0. The van der Waals surface area contributed by atoms with Gasteiger partial charge in [0.2, 0.25) is 5.91 Å². The van der Waals surface area contributed by atoms with Gasteiger partial charge in [-0.3, -0.25) is 4.79 Å². The first-order valence-electron chi connectivity index (χ1n) is 3.21. The quantitative estimate of drug-likeness (QED) is 0.517. The summed E-state index contributed by atoms with van der Waals surface area (Å²) < 4.78 is 0. The van der Waals surface area contributed by atoms with E-state index >= 15 is 0 Å². The fourth-order valence-corrected chi connectivity index (χ4v) is 1.02. The Morgan fingerprint density at radius 3 is 2.56 bits per heavy atom. The Balaban J connectivity index is 2.22. The molecule has 50 valence electrons. The van der Waals surface area contributed by atoms with Crippen molar-refractivity contribution < 1.29 is 4.79 Å². The molecule has 1 N–H and O–H groups in total. The van der Waals surface area contributed by atoms with Gasteiger partial charge in [0.05, 0.1) is 0 Å². The topological polar surface area (TPSA) is 29.1 Å². The zero-order chi connectivity index (χ0) is 6.69. The highest BCUT2D eigenvalue weighted by molar-refractivity contribution is 5.73. The van der Waals surface area contributed by atoms with E-state index in [4.69, 9.17) is 0 Å². The number of nitrogens with one attached hydrogen (secondary N) is 1. The van der Waals surface area contributed by atoms with Crippen LogP contribution in [0.25, 0.3) is 0 Å². The largest absolute Gasteiger partial charge is 0.353 e. The number of carbonyl (C=O) groups is 1. The number of hydrogen-bond donors (Lipinski definition) is 1. The summed E-state index contributed by atoms with van der Waals surface area (Å²) in [6.45, 7) is 1.55. The van der Waals surface area contributed by atoms with E-state index in [1.54, 1.807) is 6.92 Å². The molecule has 0 atom stereocenters. The van der Waals surface area contributed by atoms with Gasteiger partial charge in [-0.15, -0.1) is 0 Å². The van der Waals surface area contributed by atoms with Crippen LogP contribution in [0.1, 0.15) is 19.8 Å². The van der Waals surface area contributed by atoms with Crippen LogP contribution in [-0.2, 0) is 4.79 Å². The van der Waals surface area contributed by atoms with Crippen LogP contribution in [0.15, 0.2) is 12.2 Å². The lowest BCUT2D eigenvalue weighted by molar-refractivity contribution is -0.119. The van der Waals surface area contributed by atoms with Gasteiger partial charge < -0.3 is 5.32 Å². The first kappa shape index (κ1) is 6.33. The second-order valence-electron chi connectivity index (χ2n) is 2.34. The first-order chi connectivity index (χ1) is 4.29. The van der Waals surface area contributed by atoms with Crippen LogP contribution in [0, 0.1) is 0 Å². The molecule has 0 heterocycles. The minimum absolute atomic E-state index is 0.0729. The van der Waals surface area contributed by atoms with Crippen molar-refractivity contribution in [3.8, 4) is 0 Å². The molecule has 1 aliphatic carbocycles. The zero-order valence-corrected chi connectivity index (χ0v) is 5.55. The Hall–Kier alpha value is -0.790. The van der Waals surface area contributed by atoms with Gasteiger partial charge in [-0.25, -0.2) is 0 Å². The van der Waals surface area contributed by atoms with E-state index in [1.165, 1.54) is 0 Å². The molecule has 9 heavy (non-hydrogen) atoms. The molecule has 0 fully saturated rings. The fraction of sp³-hybridized carbons (Fsp3) is 0.571. The third-order valence-corrected chi connectivity index (χ3v) is 1.42. The standard InChI is InChI=1S/C7H11NO/c1-6(9)8-7-4-2-3-5-7/h2-3,7H,4-5H2,1H3,(H,8,9). The maximum absolute atomic E-state index is 10.5. The normalized spacial score (nSPS) is 18.3. The molecule has 0 unspecified atom stereocenters. The van der Waals surface area contributed by atoms with Crippen LogP contribution in [0.4, 0.5) is 0 Å². The average molecular weight is 125 g/mol. The predicted octanol–water partition coefficient (Wildman–Crippen LogP) is 0.841. The Morgan fingerprint density at radius 1 is 1.56 bits per heavy atom. The molecule has 0 saturated heterocycles. The third kappa shape index (κ3) is 1.88. The summed E-state index contributed by atoms with van der Waals surface area (Å²) in [5.74, 6) is 0.0729. The van der Waals surface area contributed by atoms with Crippen LogP contribution in [0.5, 0.6) is 0 Å². The highest BCUT2D eigenvalue weighted by Crippen LogP contribution is 2.08. The molecule has 0 bridgehead atoms. The molecule has 0 aromatic carbocycles. The molecule has 0 saturated carbocycles. The lowest BCUT2D eigenvalue weighted by Gasteiger charge is -2.08. The Morgan fingerprint density at radius 2 is 2.11 bits per heavy atom. The maximum atomic E-state index is 10.5. The second-order valence-corrected chi connectivity index (χ2v) is 2.34. The van der Waals surface area contributed by atoms with Crippen molar-refractivity contribution in [3.63, 3.8) is 0 Å². The van der Waals surface area contributed by atoms with Gasteiger partial charge in [-0.05, 0) is 12.8 Å². The Bertz CT molecular complexity index is 132. The maximum Gasteiger partial charge on any atom is 0.217 e. The molecule has 0 spiro atoms. The molecule has 0 radical (unpaired) electrons. The van der Waals surface area contributed by atoms with Crippen molar-refractivity contribution in [1.29, 1.82) is 0 Å². The molecule has 0 aromatic rings. The number of amides is 1. The molecule has 1 aliphatic rings. The van der Waals surface area contributed by atoms with Gasteiger partial charge in [-0.2, -0.15) is 0 Å². The SMILES string of the molecule is CC(=O)NC1CC=CC1. The van der Waals surface area contributed by atoms with Crippen LogP contribution in [-0.4, -0.2) is 11.9 Å². The Kier molecular flexibility index (Phi) is 1.88. The Labute approximate surface area is 54.9 Å². The smallest absolute Gasteiger partial charge is 0.217 e. The average Bonchev–Trinajstić information content (AvgIpc) is 2.15. The van der Waals surface area contributed by atoms with Crippen molar-refractivity contribution in [2.75, 3.05) is 0 Å². The van der Waals surface area contributed by atoms with E-state index in [1.807, 2.05) is 0 Å². The molecule has 1 amide bonds. The van der Waals surface area contributed by atoms with Crippen molar-refractivity contribution in [1.82, 2.24) is 5.32 Å². The van der Waals surface area contributed by atoms with Crippen molar-refractivity contribution >= 4 is 5.91 Å². The lowest BCUT2D eigenvalue weighted by atomic mass is 10.2. The van der Waals surface area contributed by atoms with Crippen molar-refractivity contribution in [3.05, 3.63) is 12.2 Å². The summed E-state index contributed by atoms with van der Waals surface area (Å²) in [6, 6.07) is 0.377. The highest BCUT2D eigenvalue weighted by Gasteiger charge is 2.09. The van der Waals surface area contributed by atoms with Gasteiger partial charge in [0.25, 0.3) is 0 Å². The van der Waals surface area contributed by atoms with Gasteiger partial charge in [0.1, 0.15) is 0 Å². The van der Waals surface area contributed by atoms with E-state index < -0.39 is 0 Å². The summed E-state index contributed by atoms with van der Waals surface area (Å²) in [7, 11) is 0. The molecule has 2 nitrogen and oxygen atoms in total. The van der Waals surface area contributed by atoms with E-state index in [2.05, 4.69) is 17.5 Å². The molecule has 0 aromatic heterocycles. The van der Waals surface area contributed by atoms with Crippen LogP contribution in [0.3, 0.4) is 0 Å². The second kappa shape index (κ2) is 2.67. The minimum atomic E-state index is 0.0729. The molecular weight excluding hydrogens is 114 g/mol. The van der Waals surface area contributed by atoms with Gasteiger partial charge in [0, 0.05) is 13.0 Å². The number of carbonyl (C=O) groups excluding carboxylic acids is 1. The summed E-state index contributed by atoms with van der Waals surface area (Å²) in [5, 5.41) is 2.84. The summed E-state index contributed by atoms with van der Waals surface area (Å²) in [4.78, 5) is 10.5. The highest BCUT2D eigenvalue weighted by atomic mass is 16.1. The van der Waals surface area contributed by atoms with Gasteiger partial charge in [0.15, 0.2) is 0 Å². The molecule has 0 aliphatic heterocycles. The van der Waals surface area contributed by atoms with Gasteiger partial charge >= 0.3 is 0 Å². The van der Waals surface area contributed by atoms with Gasteiger partial charge in [-0.1, -0.05) is 12.2 Å². The van der Waals surface area contributed by atoms with Crippen LogP contribution < -0.4 is 5.32 Å². The lowest BCUT2D eigenvalue weighted by Crippen LogP contribution is -2.30. The number of hydrogen-bond acceptors (Lipinski definition) is 1. The zero-order valence-electron chi connectivity index (χ0n) is 5.55. The van der Waals surface area contributed by atoms with E-state index in [0.717, 1.165) is 12.8 Å². The monoisotopic (exact) mass is 125 g/mol. The van der Waals surface area contributed by atoms with E-state index in [-0.39, 0.29) is 5.91 Å². The predicted molar refractivity (Wildman–Crippen MR) is 36.0 cm³/mol. The first-order valence-corrected chi connectivity index (χ1v) is 3.21. The molecular formula is C7H11NO.